The third kappa shape index (κ3) is 6.71. The summed E-state index contributed by atoms with van der Waals surface area (Å²) in [6, 6.07) is 11.7. The maximum atomic E-state index is 13.5. The molecule has 1 fully saturated rings. The van der Waals surface area contributed by atoms with Gasteiger partial charge in [0.05, 0.1) is 24.3 Å². The zero-order valence-electron chi connectivity index (χ0n) is 19.2. The van der Waals surface area contributed by atoms with Crippen molar-refractivity contribution in [3.8, 4) is 5.75 Å². The molecule has 0 bridgehead atoms. The van der Waals surface area contributed by atoms with Gasteiger partial charge in [0.25, 0.3) is 10.0 Å². The molecule has 1 saturated carbocycles. The van der Waals surface area contributed by atoms with E-state index in [4.69, 9.17) is 9.47 Å². The Hall–Kier alpha value is -3.07. The highest BCUT2D eigenvalue weighted by Crippen LogP contribution is 2.29. The molecule has 0 aliphatic heterocycles. The van der Waals surface area contributed by atoms with Crippen LogP contribution in [-0.2, 0) is 24.3 Å². The minimum atomic E-state index is -3.94. The molecule has 33 heavy (non-hydrogen) atoms. The molecule has 1 aliphatic carbocycles. The van der Waals surface area contributed by atoms with Gasteiger partial charge >= 0.3 is 5.97 Å². The Labute approximate surface area is 194 Å². The van der Waals surface area contributed by atoms with Crippen molar-refractivity contribution in [2.24, 2.45) is 5.92 Å². The maximum Gasteiger partial charge on any atom is 0.325 e. The Morgan fingerprint density at radius 1 is 1.09 bits per heavy atom. The largest absolute Gasteiger partial charge is 0.497 e. The van der Waals surface area contributed by atoms with Crippen LogP contribution >= 0.6 is 0 Å². The van der Waals surface area contributed by atoms with Gasteiger partial charge in [0.1, 0.15) is 12.3 Å². The molecule has 1 aliphatic rings. The smallest absolute Gasteiger partial charge is 0.325 e. The number of carbonyl (C=O) groups is 2. The van der Waals surface area contributed by atoms with Gasteiger partial charge in [-0.25, -0.2) is 8.42 Å². The molecule has 0 heterocycles. The number of carbonyl (C=O) groups excluding carboxylic acids is 2. The molecule has 0 unspecified atom stereocenters. The summed E-state index contributed by atoms with van der Waals surface area (Å²) in [6.45, 7) is 3.69. The van der Waals surface area contributed by atoms with Crippen molar-refractivity contribution < 1.29 is 27.5 Å². The standard InChI is InChI=1S/C24H30N2O6S/c1-17-4-11-22(18(2)14-17)33(29,30)26(20-7-9-21(31-3)10-8-20)13-12-23(27)25-15-24(28)32-16-19-5-6-19/h4,7-11,14,19H,5-6,12-13,15-16H2,1-3H3,(H,25,27). The fourth-order valence-electron chi connectivity index (χ4n) is 3.35. The van der Waals surface area contributed by atoms with E-state index in [1.807, 2.05) is 6.92 Å². The monoisotopic (exact) mass is 474 g/mol. The third-order valence-corrected chi connectivity index (χ3v) is 7.40. The Kier molecular flexibility index (Phi) is 7.97. The van der Waals surface area contributed by atoms with Gasteiger partial charge in [-0.15, -0.1) is 0 Å². The second kappa shape index (κ2) is 10.7. The molecule has 0 spiro atoms. The third-order valence-electron chi connectivity index (χ3n) is 5.41. The van der Waals surface area contributed by atoms with E-state index in [0.29, 0.717) is 29.5 Å². The van der Waals surface area contributed by atoms with Gasteiger partial charge in [-0.3, -0.25) is 13.9 Å². The van der Waals surface area contributed by atoms with E-state index in [2.05, 4.69) is 5.32 Å². The molecular formula is C24H30N2O6S. The first-order valence-corrected chi connectivity index (χ1v) is 12.3. The molecule has 9 heteroatoms. The molecule has 2 aromatic carbocycles. The van der Waals surface area contributed by atoms with Gasteiger partial charge in [-0.2, -0.15) is 0 Å². The number of rotatable bonds is 11. The molecule has 0 aromatic heterocycles. The van der Waals surface area contributed by atoms with Crippen LogP contribution in [0.1, 0.15) is 30.4 Å². The molecule has 3 rings (SSSR count). The molecule has 0 atom stereocenters. The van der Waals surface area contributed by atoms with Crippen molar-refractivity contribution in [1.82, 2.24) is 5.32 Å². The first-order chi connectivity index (χ1) is 15.7. The summed E-state index contributed by atoms with van der Waals surface area (Å²) in [5.74, 6) is 0.0982. The van der Waals surface area contributed by atoms with Crippen molar-refractivity contribution in [1.29, 1.82) is 0 Å². The number of aryl methyl sites for hydroxylation is 2. The summed E-state index contributed by atoms with van der Waals surface area (Å²) in [5, 5.41) is 2.51. The normalized spacial score (nSPS) is 13.3. The molecule has 8 nitrogen and oxygen atoms in total. The topological polar surface area (TPSA) is 102 Å². The number of amides is 1. The van der Waals surface area contributed by atoms with Crippen molar-refractivity contribution in [3.63, 3.8) is 0 Å². The highest BCUT2D eigenvalue weighted by Gasteiger charge is 2.27. The number of hydrogen-bond acceptors (Lipinski definition) is 6. The molecule has 2 aromatic rings. The lowest BCUT2D eigenvalue weighted by molar-refractivity contribution is -0.144. The lowest BCUT2D eigenvalue weighted by Gasteiger charge is -2.25. The van der Waals surface area contributed by atoms with Crippen LogP contribution in [-0.4, -0.2) is 47.1 Å². The van der Waals surface area contributed by atoms with E-state index >= 15 is 0 Å². The number of methoxy groups -OCH3 is 1. The van der Waals surface area contributed by atoms with Crippen LogP contribution in [0.25, 0.3) is 0 Å². The van der Waals surface area contributed by atoms with Gasteiger partial charge < -0.3 is 14.8 Å². The molecular weight excluding hydrogens is 444 g/mol. The number of benzene rings is 2. The van der Waals surface area contributed by atoms with Gasteiger partial charge in [0, 0.05) is 13.0 Å². The minimum absolute atomic E-state index is 0.0923. The minimum Gasteiger partial charge on any atom is -0.497 e. The Bertz CT molecular complexity index is 1090. The SMILES string of the molecule is COc1ccc(N(CCC(=O)NCC(=O)OCC2CC2)S(=O)(=O)c2ccc(C)cc2C)cc1. The predicted octanol–water partition coefficient (Wildman–Crippen LogP) is 2.97. The van der Waals surface area contributed by atoms with Crippen LogP contribution in [0, 0.1) is 19.8 Å². The number of sulfonamides is 1. The van der Waals surface area contributed by atoms with Gasteiger partial charge in [0.2, 0.25) is 5.91 Å². The first-order valence-electron chi connectivity index (χ1n) is 10.9. The molecule has 0 saturated heterocycles. The average molecular weight is 475 g/mol. The van der Waals surface area contributed by atoms with E-state index in [1.54, 1.807) is 49.4 Å². The van der Waals surface area contributed by atoms with E-state index in [-0.39, 0.29) is 24.4 Å². The summed E-state index contributed by atoms with van der Waals surface area (Å²) in [6.07, 6.45) is 2.01. The summed E-state index contributed by atoms with van der Waals surface area (Å²) in [7, 11) is -2.41. The number of anilines is 1. The zero-order chi connectivity index (χ0) is 24.0. The number of ether oxygens (including phenoxy) is 2. The van der Waals surface area contributed by atoms with Gasteiger partial charge in [-0.05, 0) is 68.5 Å². The quantitative estimate of drug-likeness (QED) is 0.503. The van der Waals surface area contributed by atoms with E-state index in [9.17, 15) is 18.0 Å². The summed E-state index contributed by atoms with van der Waals surface area (Å²) in [5.41, 5.74) is 1.99. The van der Waals surface area contributed by atoms with E-state index < -0.39 is 21.9 Å². The van der Waals surface area contributed by atoms with Crippen molar-refractivity contribution in [2.75, 3.05) is 31.1 Å². The van der Waals surface area contributed by atoms with Crippen molar-refractivity contribution >= 4 is 27.6 Å². The fraction of sp³-hybridized carbons (Fsp3) is 0.417. The van der Waals surface area contributed by atoms with E-state index in [1.165, 1.54) is 11.4 Å². The second-order valence-electron chi connectivity index (χ2n) is 8.20. The van der Waals surface area contributed by atoms with Gasteiger partial charge in [-0.1, -0.05) is 17.7 Å². The number of esters is 1. The Balaban J connectivity index is 1.72. The number of hydrogen-bond donors (Lipinski definition) is 1. The Morgan fingerprint density at radius 3 is 2.39 bits per heavy atom. The average Bonchev–Trinajstić information content (AvgIpc) is 3.61. The molecule has 1 N–H and O–H groups in total. The summed E-state index contributed by atoms with van der Waals surface area (Å²) in [4.78, 5) is 24.3. The molecule has 1 amide bonds. The summed E-state index contributed by atoms with van der Waals surface area (Å²) >= 11 is 0. The van der Waals surface area contributed by atoms with Crippen LogP contribution < -0.4 is 14.4 Å². The summed E-state index contributed by atoms with van der Waals surface area (Å²) < 4.78 is 38.5. The van der Waals surface area contributed by atoms with Crippen LogP contribution in [0.5, 0.6) is 5.75 Å². The highest BCUT2D eigenvalue weighted by molar-refractivity contribution is 7.92. The zero-order valence-corrected chi connectivity index (χ0v) is 20.0. The van der Waals surface area contributed by atoms with Crippen LogP contribution in [0.2, 0.25) is 0 Å². The van der Waals surface area contributed by atoms with Crippen LogP contribution in [0.4, 0.5) is 5.69 Å². The van der Waals surface area contributed by atoms with Gasteiger partial charge in [0.15, 0.2) is 0 Å². The maximum absolute atomic E-state index is 13.5. The second-order valence-corrected chi connectivity index (χ2v) is 10.0. The Morgan fingerprint density at radius 2 is 1.79 bits per heavy atom. The van der Waals surface area contributed by atoms with Crippen LogP contribution in [0.3, 0.4) is 0 Å². The van der Waals surface area contributed by atoms with Crippen molar-refractivity contribution in [3.05, 3.63) is 53.6 Å². The number of nitrogens with zero attached hydrogens (tertiary/aromatic N) is 1. The first kappa shape index (κ1) is 24.6. The van der Waals surface area contributed by atoms with Crippen LogP contribution in [0.15, 0.2) is 47.4 Å². The fourth-order valence-corrected chi connectivity index (χ4v) is 5.03. The lowest BCUT2D eigenvalue weighted by atomic mass is 10.2. The molecule has 0 radical (unpaired) electrons. The highest BCUT2D eigenvalue weighted by atomic mass is 32.2. The van der Waals surface area contributed by atoms with Crippen molar-refractivity contribution in [2.45, 2.75) is 38.0 Å². The van der Waals surface area contributed by atoms with E-state index in [0.717, 1.165) is 18.4 Å². The molecule has 178 valence electrons. The predicted molar refractivity (Wildman–Crippen MR) is 125 cm³/mol. The lowest BCUT2D eigenvalue weighted by Crippen LogP contribution is -2.37. The number of nitrogens with one attached hydrogen (secondary N) is 1.